The summed E-state index contributed by atoms with van der Waals surface area (Å²) in [4.78, 5) is 36.1. The summed E-state index contributed by atoms with van der Waals surface area (Å²) in [5, 5.41) is 14.7. The van der Waals surface area contributed by atoms with Gasteiger partial charge in [-0.2, -0.15) is 0 Å². The van der Waals surface area contributed by atoms with Crippen molar-refractivity contribution in [1.29, 1.82) is 0 Å². The van der Waals surface area contributed by atoms with Gasteiger partial charge in [0.2, 0.25) is 11.8 Å². The molecule has 0 heterocycles. The average Bonchev–Trinajstić information content (AvgIpc) is 2.90. The Morgan fingerprint density at radius 3 is 1.74 bits per heavy atom. The molecule has 0 aliphatic rings. The van der Waals surface area contributed by atoms with Gasteiger partial charge in [0.25, 0.3) is 0 Å². The summed E-state index contributed by atoms with van der Waals surface area (Å²) < 4.78 is 0. The first-order valence-corrected chi connectivity index (χ1v) is 15.4. The number of benzene rings is 1. The van der Waals surface area contributed by atoms with E-state index >= 15 is 0 Å². The van der Waals surface area contributed by atoms with Crippen molar-refractivity contribution in [3.05, 3.63) is 35.9 Å². The molecule has 0 saturated heterocycles. The summed E-state index contributed by atoms with van der Waals surface area (Å²) in [7, 11) is 0. The van der Waals surface area contributed by atoms with Crippen LogP contribution < -0.4 is 10.6 Å². The lowest BCUT2D eigenvalue weighted by Crippen LogP contribution is -2.48. The zero-order chi connectivity index (χ0) is 27.7. The molecular weight excluding hydrogens is 476 g/mol. The minimum Gasteiger partial charge on any atom is -0.481 e. The molecule has 6 nitrogen and oxygen atoms in total. The molecule has 1 rings (SSSR count). The fourth-order valence-electron chi connectivity index (χ4n) is 4.72. The Hall–Kier alpha value is -2.37. The van der Waals surface area contributed by atoms with Gasteiger partial charge in [-0.05, 0) is 24.8 Å². The lowest BCUT2D eigenvalue weighted by atomic mass is 10.0. The van der Waals surface area contributed by atoms with Gasteiger partial charge in [-0.3, -0.25) is 14.4 Å². The van der Waals surface area contributed by atoms with Crippen molar-refractivity contribution in [1.82, 2.24) is 10.6 Å². The van der Waals surface area contributed by atoms with Gasteiger partial charge in [-0.1, -0.05) is 127 Å². The number of unbranched alkanes of at least 4 members (excludes halogenated alkanes) is 15. The molecule has 0 radical (unpaired) electrons. The average molecular weight is 531 g/mol. The van der Waals surface area contributed by atoms with Gasteiger partial charge in [-0.25, -0.2) is 0 Å². The highest BCUT2D eigenvalue weighted by Crippen LogP contribution is 2.12. The Kier molecular flexibility index (Phi) is 21.0. The first kappa shape index (κ1) is 33.7. The number of nitrogens with one attached hydrogen (secondary N) is 2. The molecule has 0 aromatic heterocycles. The van der Waals surface area contributed by atoms with Gasteiger partial charge in [0, 0.05) is 25.8 Å². The number of carbonyl (C=O) groups is 3. The SMILES string of the molecule is CCCCCCCCCCCC(=O)NC(Cc1ccccc1)C(=O)NCCCCCCCCCCC(=O)O. The van der Waals surface area contributed by atoms with Crippen molar-refractivity contribution in [2.24, 2.45) is 0 Å². The molecule has 1 unspecified atom stereocenters. The monoisotopic (exact) mass is 530 g/mol. The summed E-state index contributed by atoms with van der Waals surface area (Å²) >= 11 is 0. The summed E-state index contributed by atoms with van der Waals surface area (Å²) in [6.45, 7) is 2.86. The summed E-state index contributed by atoms with van der Waals surface area (Å²) in [5.74, 6) is -0.850. The van der Waals surface area contributed by atoms with Crippen LogP contribution >= 0.6 is 0 Å². The largest absolute Gasteiger partial charge is 0.481 e. The van der Waals surface area contributed by atoms with Crippen LogP contribution in [0.15, 0.2) is 30.3 Å². The van der Waals surface area contributed by atoms with E-state index < -0.39 is 12.0 Å². The number of rotatable bonds is 25. The molecule has 0 fully saturated rings. The number of carboxylic acids is 1. The number of carbonyl (C=O) groups excluding carboxylic acids is 2. The molecule has 0 spiro atoms. The van der Waals surface area contributed by atoms with Crippen LogP contribution in [0.2, 0.25) is 0 Å². The Morgan fingerprint density at radius 2 is 1.18 bits per heavy atom. The van der Waals surface area contributed by atoms with Crippen LogP contribution in [0.1, 0.15) is 134 Å². The van der Waals surface area contributed by atoms with Crippen LogP contribution in [-0.2, 0) is 20.8 Å². The quantitative estimate of drug-likeness (QED) is 0.115. The maximum absolute atomic E-state index is 12.9. The molecule has 216 valence electrons. The Morgan fingerprint density at radius 1 is 0.684 bits per heavy atom. The second kappa shape index (κ2) is 23.7. The lowest BCUT2D eigenvalue weighted by molar-refractivity contribution is -0.137. The molecule has 3 N–H and O–H groups in total. The maximum Gasteiger partial charge on any atom is 0.303 e. The van der Waals surface area contributed by atoms with Gasteiger partial charge >= 0.3 is 5.97 Å². The molecule has 0 aliphatic heterocycles. The molecular formula is C32H54N2O4. The predicted octanol–water partition coefficient (Wildman–Crippen LogP) is 7.35. The van der Waals surface area contributed by atoms with Crippen molar-refractivity contribution >= 4 is 17.8 Å². The number of aliphatic carboxylic acids is 1. The zero-order valence-corrected chi connectivity index (χ0v) is 24.0. The molecule has 6 heteroatoms. The van der Waals surface area contributed by atoms with E-state index in [-0.39, 0.29) is 18.2 Å². The van der Waals surface area contributed by atoms with Crippen LogP contribution in [0.4, 0.5) is 0 Å². The van der Waals surface area contributed by atoms with Crippen molar-refractivity contribution in [2.75, 3.05) is 6.54 Å². The molecule has 0 bridgehead atoms. The zero-order valence-electron chi connectivity index (χ0n) is 24.0. The molecule has 0 saturated carbocycles. The second-order valence-corrected chi connectivity index (χ2v) is 10.7. The highest BCUT2D eigenvalue weighted by atomic mass is 16.4. The van der Waals surface area contributed by atoms with E-state index in [4.69, 9.17) is 5.11 Å². The third-order valence-corrected chi connectivity index (χ3v) is 7.06. The highest BCUT2D eigenvalue weighted by molar-refractivity contribution is 5.87. The van der Waals surface area contributed by atoms with E-state index in [1.54, 1.807) is 0 Å². The third kappa shape index (κ3) is 19.7. The fourth-order valence-corrected chi connectivity index (χ4v) is 4.72. The van der Waals surface area contributed by atoms with Gasteiger partial charge in [0.05, 0.1) is 0 Å². The van der Waals surface area contributed by atoms with E-state index in [9.17, 15) is 14.4 Å². The summed E-state index contributed by atoms with van der Waals surface area (Å²) in [5.41, 5.74) is 1.04. The van der Waals surface area contributed by atoms with Crippen LogP contribution in [0.5, 0.6) is 0 Å². The van der Waals surface area contributed by atoms with Crippen LogP contribution in [-0.4, -0.2) is 35.5 Å². The minimum absolute atomic E-state index is 0.0348. The van der Waals surface area contributed by atoms with E-state index in [2.05, 4.69) is 17.6 Å². The Labute approximate surface area is 231 Å². The summed E-state index contributed by atoms with van der Waals surface area (Å²) in [6, 6.07) is 9.32. The van der Waals surface area contributed by atoms with Gasteiger partial charge in [0.1, 0.15) is 6.04 Å². The predicted molar refractivity (Wildman–Crippen MR) is 156 cm³/mol. The maximum atomic E-state index is 12.9. The van der Waals surface area contributed by atoms with Crippen LogP contribution in [0.3, 0.4) is 0 Å². The normalized spacial score (nSPS) is 11.7. The molecule has 1 aromatic carbocycles. The van der Waals surface area contributed by atoms with Crippen LogP contribution in [0.25, 0.3) is 0 Å². The second-order valence-electron chi connectivity index (χ2n) is 10.7. The van der Waals surface area contributed by atoms with E-state index in [0.29, 0.717) is 19.4 Å². The van der Waals surface area contributed by atoms with Crippen molar-refractivity contribution < 1.29 is 19.5 Å². The van der Waals surface area contributed by atoms with E-state index in [1.807, 2.05) is 30.3 Å². The number of carboxylic acid groups (broad SMARTS) is 1. The molecule has 1 aromatic rings. The number of hydrogen-bond donors (Lipinski definition) is 3. The molecule has 2 amide bonds. The Bertz CT molecular complexity index is 738. The molecule has 1 atom stereocenters. The van der Waals surface area contributed by atoms with Gasteiger partial charge in [-0.15, -0.1) is 0 Å². The first-order chi connectivity index (χ1) is 18.5. The first-order valence-electron chi connectivity index (χ1n) is 15.4. The van der Waals surface area contributed by atoms with Gasteiger partial charge < -0.3 is 15.7 Å². The van der Waals surface area contributed by atoms with Crippen molar-refractivity contribution in [2.45, 2.75) is 141 Å². The standard InChI is InChI=1S/C32H54N2O4/c1-2-3-4-5-6-7-10-13-19-24-30(35)34-29(27-28-22-17-16-18-23-28)32(38)33-26-21-15-12-9-8-11-14-20-25-31(36)37/h16-18,22-23,29H,2-15,19-21,24-27H2,1H3,(H,33,38)(H,34,35)(H,36,37). The smallest absolute Gasteiger partial charge is 0.303 e. The number of amides is 2. The lowest BCUT2D eigenvalue weighted by Gasteiger charge is -2.19. The number of hydrogen-bond acceptors (Lipinski definition) is 3. The Balaban J connectivity index is 2.26. The highest BCUT2D eigenvalue weighted by Gasteiger charge is 2.20. The minimum atomic E-state index is -0.712. The molecule has 38 heavy (non-hydrogen) atoms. The topological polar surface area (TPSA) is 95.5 Å². The third-order valence-electron chi connectivity index (χ3n) is 7.06. The molecule has 0 aliphatic carbocycles. The van der Waals surface area contributed by atoms with Gasteiger partial charge in [0.15, 0.2) is 0 Å². The fraction of sp³-hybridized carbons (Fsp3) is 0.719. The van der Waals surface area contributed by atoms with Crippen molar-refractivity contribution in [3.63, 3.8) is 0 Å². The van der Waals surface area contributed by atoms with Crippen LogP contribution in [0, 0.1) is 0 Å². The van der Waals surface area contributed by atoms with E-state index in [1.165, 1.54) is 44.9 Å². The van der Waals surface area contributed by atoms with Crippen molar-refractivity contribution in [3.8, 4) is 0 Å². The summed E-state index contributed by atoms with van der Waals surface area (Å²) in [6.07, 6.45) is 20.4. The van der Waals surface area contributed by atoms with E-state index in [0.717, 1.165) is 69.8 Å².